The molecule has 0 unspecified atom stereocenters. The molecule has 78 valence electrons. The van der Waals surface area contributed by atoms with Gasteiger partial charge in [0.2, 0.25) is 0 Å². The molecule has 0 aromatic heterocycles. The van der Waals surface area contributed by atoms with E-state index in [2.05, 4.69) is 43.4 Å². The normalized spacial score (nSPS) is 13.1. The summed E-state index contributed by atoms with van der Waals surface area (Å²) in [5.41, 5.74) is 0. The molecule has 0 spiro atoms. The third kappa shape index (κ3) is 4.64. The van der Waals surface area contributed by atoms with Crippen LogP contribution in [0.3, 0.4) is 0 Å². The van der Waals surface area contributed by atoms with Crippen molar-refractivity contribution in [1.29, 1.82) is 0 Å². The fourth-order valence-corrected chi connectivity index (χ4v) is 4.99. The minimum absolute atomic E-state index is 0.0764. The van der Waals surface area contributed by atoms with Crippen LogP contribution in [0.4, 0.5) is 0 Å². The first kappa shape index (κ1) is 13.7. The largest absolute Gasteiger partial charge is 0.488 e. The zero-order chi connectivity index (χ0) is 10.3. The second-order valence-electron chi connectivity index (χ2n) is 2.68. The topological polar surface area (TPSA) is 9.23 Å². The van der Waals surface area contributed by atoms with E-state index in [0.717, 1.165) is 16.8 Å². The van der Waals surface area contributed by atoms with Gasteiger partial charge in [-0.2, -0.15) is 0 Å². The standard InChI is InChI=1S/C10H20IOP/c1-5-9(10(11)12-6-2)13(7-3)8-4/h5-8H2,1-4H3/b10-9-. The molecule has 0 aromatic rings. The number of hydrogen-bond donors (Lipinski definition) is 0. The van der Waals surface area contributed by atoms with Crippen molar-refractivity contribution in [3.63, 3.8) is 0 Å². The molecule has 0 rings (SSSR count). The highest BCUT2D eigenvalue weighted by Gasteiger charge is 2.12. The molecule has 0 aromatic carbocycles. The molecule has 13 heavy (non-hydrogen) atoms. The van der Waals surface area contributed by atoms with Gasteiger partial charge in [-0.05, 0) is 48.3 Å². The van der Waals surface area contributed by atoms with Crippen molar-refractivity contribution in [3.8, 4) is 0 Å². The van der Waals surface area contributed by atoms with Crippen LogP contribution in [0.25, 0.3) is 0 Å². The number of hydrogen-bond acceptors (Lipinski definition) is 1. The highest BCUT2D eigenvalue weighted by molar-refractivity contribution is 14.1. The van der Waals surface area contributed by atoms with Crippen molar-refractivity contribution in [2.75, 3.05) is 18.9 Å². The Labute approximate surface area is 97.2 Å². The van der Waals surface area contributed by atoms with E-state index >= 15 is 0 Å². The molecule has 0 atom stereocenters. The van der Waals surface area contributed by atoms with Gasteiger partial charge >= 0.3 is 0 Å². The van der Waals surface area contributed by atoms with Crippen LogP contribution in [0.5, 0.6) is 0 Å². The molecule has 0 aliphatic rings. The van der Waals surface area contributed by atoms with Gasteiger partial charge in [-0.25, -0.2) is 0 Å². The van der Waals surface area contributed by atoms with Crippen LogP contribution in [0.1, 0.15) is 34.1 Å². The van der Waals surface area contributed by atoms with Gasteiger partial charge in [-0.1, -0.05) is 28.7 Å². The van der Waals surface area contributed by atoms with E-state index in [1.165, 1.54) is 12.3 Å². The summed E-state index contributed by atoms with van der Waals surface area (Å²) in [6, 6.07) is 0. The van der Waals surface area contributed by atoms with E-state index in [-0.39, 0.29) is 7.92 Å². The van der Waals surface area contributed by atoms with Crippen LogP contribution in [0.15, 0.2) is 9.08 Å². The highest BCUT2D eigenvalue weighted by Crippen LogP contribution is 2.48. The maximum absolute atomic E-state index is 5.56. The Kier molecular flexibility index (Phi) is 8.48. The predicted molar refractivity (Wildman–Crippen MR) is 71.0 cm³/mol. The Bertz CT molecular complexity index is 164. The first-order valence-electron chi connectivity index (χ1n) is 4.97. The van der Waals surface area contributed by atoms with Crippen LogP contribution >= 0.6 is 30.5 Å². The number of allylic oxidation sites excluding steroid dienone is 1. The first-order chi connectivity index (χ1) is 6.21. The van der Waals surface area contributed by atoms with E-state index in [9.17, 15) is 0 Å². The summed E-state index contributed by atoms with van der Waals surface area (Å²) in [6.07, 6.45) is 3.72. The summed E-state index contributed by atoms with van der Waals surface area (Å²) in [4.78, 5) is 0. The van der Waals surface area contributed by atoms with Crippen molar-refractivity contribution >= 4 is 30.5 Å². The Morgan fingerprint density at radius 1 is 1.15 bits per heavy atom. The minimum Gasteiger partial charge on any atom is -0.488 e. The Morgan fingerprint density at radius 2 is 1.69 bits per heavy atom. The van der Waals surface area contributed by atoms with Gasteiger partial charge in [0, 0.05) is 5.31 Å². The average Bonchev–Trinajstić information content (AvgIpc) is 2.14. The molecule has 0 fully saturated rings. The summed E-state index contributed by atoms with van der Waals surface area (Å²) in [5.74, 6) is 0. The molecule has 0 radical (unpaired) electrons. The summed E-state index contributed by atoms with van der Waals surface area (Å²) >= 11 is 2.34. The fourth-order valence-electron chi connectivity index (χ4n) is 1.30. The maximum atomic E-state index is 5.56. The molecule has 1 nitrogen and oxygen atoms in total. The smallest absolute Gasteiger partial charge is 0.160 e. The van der Waals surface area contributed by atoms with Crippen molar-refractivity contribution in [3.05, 3.63) is 9.08 Å². The van der Waals surface area contributed by atoms with E-state index in [1.807, 2.05) is 6.92 Å². The third-order valence-electron chi connectivity index (χ3n) is 1.98. The van der Waals surface area contributed by atoms with E-state index < -0.39 is 0 Å². The summed E-state index contributed by atoms with van der Waals surface area (Å²) < 4.78 is 6.71. The van der Waals surface area contributed by atoms with Crippen LogP contribution in [-0.2, 0) is 4.74 Å². The Hall–Kier alpha value is 0.700. The third-order valence-corrected chi connectivity index (χ3v) is 6.18. The van der Waals surface area contributed by atoms with Crippen LogP contribution in [-0.4, -0.2) is 18.9 Å². The lowest BCUT2D eigenvalue weighted by atomic mass is 10.5. The molecule has 0 heterocycles. The van der Waals surface area contributed by atoms with Gasteiger partial charge in [0.25, 0.3) is 0 Å². The second kappa shape index (κ2) is 8.05. The van der Waals surface area contributed by atoms with Crippen molar-refractivity contribution in [2.24, 2.45) is 0 Å². The van der Waals surface area contributed by atoms with Crippen LogP contribution < -0.4 is 0 Å². The molecular weight excluding hydrogens is 294 g/mol. The lowest BCUT2D eigenvalue weighted by molar-refractivity contribution is 0.261. The van der Waals surface area contributed by atoms with Gasteiger partial charge in [0.15, 0.2) is 3.77 Å². The van der Waals surface area contributed by atoms with Crippen LogP contribution in [0.2, 0.25) is 0 Å². The Balaban J connectivity index is 4.52. The summed E-state index contributed by atoms with van der Waals surface area (Å²) in [6.45, 7) is 9.62. The van der Waals surface area contributed by atoms with Gasteiger partial charge in [-0.15, -0.1) is 0 Å². The molecule has 0 aliphatic heterocycles. The maximum Gasteiger partial charge on any atom is 0.160 e. The molecule has 0 saturated heterocycles. The van der Waals surface area contributed by atoms with Gasteiger partial charge < -0.3 is 4.74 Å². The quantitative estimate of drug-likeness (QED) is 0.397. The van der Waals surface area contributed by atoms with Gasteiger partial charge in [0.05, 0.1) is 6.61 Å². The minimum atomic E-state index is 0.0764. The van der Waals surface area contributed by atoms with Crippen molar-refractivity contribution in [2.45, 2.75) is 34.1 Å². The lowest BCUT2D eigenvalue weighted by Crippen LogP contribution is -1.93. The monoisotopic (exact) mass is 314 g/mol. The molecular formula is C10H20IOP. The SMILES string of the molecule is CCO/C(I)=C(/CC)P(CC)CC. The predicted octanol–water partition coefficient (Wildman–Crippen LogP) is 4.56. The number of ether oxygens (including phenoxy) is 1. The molecule has 0 saturated carbocycles. The summed E-state index contributed by atoms with van der Waals surface area (Å²) in [7, 11) is 0.0764. The molecule has 0 bridgehead atoms. The van der Waals surface area contributed by atoms with Crippen LogP contribution in [0, 0.1) is 0 Å². The fraction of sp³-hybridized carbons (Fsp3) is 0.800. The second-order valence-corrected chi connectivity index (χ2v) is 6.54. The summed E-state index contributed by atoms with van der Waals surface area (Å²) in [5, 5.41) is 1.56. The molecule has 0 aliphatic carbocycles. The van der Waals surface area contributed by atoms with Gasteiger partial charge in [0.1, 0.15) is 0 Å². The molecule has 0 N–H and O–H groups in total. The average molecular weight is 314 g/mol. The van der Waals surface area contributed by atoms with E-state index in [4.69, 9.17) is 4.74 Å². The van der Waals surface area contributed by atoms with E-state index in [0.29, 0.717) is 0 Å². The van der Waals surface area contributed by atoms with Gasteiger partial charge in [-0.3, -0.25) is 0 Å². The van der Waals surface area contributed by atoms with E-state index in [1.54, 1.807) is 5.31 Å². The van der Waals surface area contributed by atoms with Crippen molar-refractivity contribution < 1.29 is 4.74 Å². The zero-order valence-corrected chi connectivity index (χ0v) is 12.1. The zero-order valence-electron chi connectivity index (χ0n) is 9.06. The highest BCUT2D eigenvalue weighted by atomic mass is 127. The lowest BCUT2D eigenvalue weighted by Gasteiger charge is -2.18. The van der Waals surface area contributed by atoms with Crippen molar-refractivity contribution in [1.82, 2.24) is 0 Å². The number of rotatable bonds is 6. The molecule has 3 heteroatoms. The number of halogens is 1. The first-order valence-corrected chi connectivity index (χ1v) is 7.76. The Morgan fingerprint density at radius 3 is 2.00 bits per heavy atom. The molecule has 0 amide bonds.